The van der Waals surface area contributed by atoms with Crippen LogP contribution in [-0.4, -0.2) is 33.9 Å². The van der Waals surface area contributed by atoms with Gasteiger partial charge in [-0.05, 0) is 17.7 Å². The van der Waals surface area contributed by atoms with Gasteiger partial charge in [-0.1, -0.05) is 36.4 Å². The van der Waals surface area contributed by atoms with Crippen molar-refractivity contribution in [2.24, 2.45) is 0 Å². The summed E-state index contributed by atoms with van der Waals surface area (Å²) < 4.78 is 0. The quantitative estimate of drug-likeness (QED) is 0.665. The summed E-state index contributed by atoms with van der Waals surface area (Å²) in [6.07, 6.45) is 5.64. The van der Waals surface area contributed by atoms with Crippen molar-refractivity contribution in [3.8, 4) is 0 Å². The van der Waals surface area contributed by atoms with Crippen molar-refractivity contribution in [1.29, 1.82) is 0 Å². The molecule has 0 aliphatic heterocycles. The Hall–Kier alpha value is -2.79. The third-order valence-corrected chi connectivity index (χ3v) is 3.86. The minimum Gasteiger partial charge on any atom is -0.347 e. The lowest BCUT2D eigenvalue weighted by atomic mass is 10.2. The predicted molar refractivity (Wildman–Crippen MR) is 100.0 cm³/mol. The minimum atomic E-state index is 0.725. The first-order valence-electron chi connectivity index (χ1n) is 8.35. The van der Waals surface area contributed by atoms with Gasteiger partial charge in [0.05, 0.1) is 5.69 Å². The van der Waals surface area contributed by atoms with Crippen LogP contribution in [0.3, 0.4) is 0 Å². The molecule has 0 atom stereocenters. The topological polar surface area (TPSA) is 45.2 Å². The Bertz CT molecular complexity index is 716. The van der Waals surface area contributed by atoms with E-state index in [0.717, 1.165) is 36.8 Å². The number of hydrogen-bond acceptors (Lipinski definition) is 5. The van der Waals surface area contributed by atoms with Gasteiger partial charge in [0.1, 0.15) is 0 Å². The number of nitrogens with zero attached hydrogens (tertiary/aromatic N) is 5. The molecular formula is C20H23N5. The van der Waals surface area contributed by atoms with Crippen molar-refractivity contribution < 1.29 is 0 Å². The highest BCUT2D eigenvalue weighted by Crippen LogP contribution is 2.13. The van der Waals surface area contributed by atoms with Crippen LogP contribution in [0.15, 0.2) is 67.1 Å². The highest BCUT2D eigenvalue weighted by atomic mass is 15.2. The molecule has 128 valence electrons. The minimum absolute atomic E-state index is 0.725. The van der Waals surface area contributed by atoms with Crippen molar-refractivity contribution in [2.75, 3.05) is 19.0 Å². The second-order valence-corrected chi connectivity index (χ2v) is 6.24. The Morgan fingerprint density at radius 3 is 2.04 bits per heavy atom. The number of hydrogen-bond donors (Lipinski definition) is 0. The third-order valence-electron chi connectivity index (χ3n) is 3.86. The van der Waals surface area contributed by atoms with E-state index in [1.54, 1.807) is 0 Å². The first-order valence-corrected chi connectivity index (χ1v) is 8.35. The number of benzene rings is 1. The van der Waals surface area contributed by atoms with E-state index in [2.05, 4.69) is 50.2 Å². The van der Waals surface area contributed by atoms with E-state index >= 15 is 0 Å². The lowest BCUT2D eigenvalue weighted by Crippen LogP contribution is -2.23. The van der Waals surface area contributed by atoms with Crippen LogP contribution in [0.1, 0.15) is 16.8 Å². The molecule has 0 aliphatic carbocycles. The summed E-state index contributed by atoms with van der Waals surface area (Å²) in [6.45, 7) is 2.41. The van der Waals surface area contributed by atoms with E-state index in [-0.39, 0.29) is 0 Å². The van der Waals surface area contributed by atoms with Crippen LogP contribution in [0.4, 0.5) is 5.95 Å². The fourth-order valence-corrected chi connectivity index (χ4v) is 2.65. The molecule has 25 heavy (non-hydrogen) atoms. The largest absolute Gasteiger partial charge is 0.347 e. The van der Waals surface area contributed by atoms with Crippen molar-refractivity contribution in [1.82, 2.24) is 19.9 Å². The summed E-state index contributed by atoms with van der Waals surface area (Å²) in [4.78, 5) is 17.6. The lowest BCUT2D eigenvalue weighted by Gasteiger charge is -2.22. The van der Waals surface area contributed by atoms with E-state index < -0.39 is 0 Å². The number of anilines is 1. The standard InChI is InChI=1S/C20H23N5/c1-24(2)20-22-12-18(13-23-20)15-25(14-17-8-4-3-5-9-17)16-19-10-6-7-11-21-19/h3-13H,14-16H2,1-2H3. The van der Waals surface area contributed by atoms with Gasteiger partial charge in [-0.2, -0.15) is 0 Å². The Morgan fingerprint density at radius 2 is 1.40 bits per heavy atom. The van der Waals surface area contributed by atoms with Crippen LogP contribution in [-0.2, 0) is 19.6 Å². The van der Waals surface area contributed by atoms with Gasteiger partial charge in [0.15, 0.2) is 0 Å². The van der Waals surface area contributed by atoms with Crippen LogP contribution in [0.2, 0.25) is 0 Å². The molecular weight excluding hydrogens is 310 g/mol. The predicted octanol–water partition coefficient (Wildman–Crippen LogP) is 3.14. The van der Waals surface area contributed by atoms with Gasteiger partial charge in [0.2, 0.25) is 5.95 Å². The molecule has 5 nitrogen and oxygen atoms in total. The first-order chi connectivity index (χ1) is 12.2. The van der Waals surface area contributed by atoms with Crippen LogP contribution in [0, 0.1) is 0 Å². The van der Waals surface area contributed by atoms with Crippen molar-refractivity contribution >= 4 is 5.95 Å². The van der Waals surface area contributed by atoms with E-state index in [9.17, 15) is 0 Å². The third kappa shape index (κ3) is 5.09. The highest BCUT2D eigenvalue weighted by Gasteiger charge is 2.10. The summed E-state index contributed by atoms with van der Waals surface area (Å²) in [5.41, 5.74) is 3.44. The Morgan fingerprint density at radius 1 is 0.720 bits per heavy atom. The summed E-state index contributed by atoms with van der Waals surface area (Å²) in [7, 11) is 3.88. The average Bonchev–Trinajstić information content (AvgIpc) is 2.64. The molecule has 3 rings (SSSR count). The molecule has 0 amide bonds. The summed E-state index contributed by atoms with van der Waals surface area (Å²) >= 11 is 0. The second kappa shape index (κ2) is 8.35. The summed E-state index contributed by atoms with van der Waals surface area (Å²) in [5, 5.41) is 0. The monoisotopic (exact) mass is 333 g/mol. The Labute approximate surface area is 149 Å². The van der Waals surface area contributed by atoms with E-state index in [1.807, 2.05) is 55.8 Å². The lowest BCUT2D eigenvalue weighted by molar-refractivity contribution is 0.244. The van der Waals surface area contributed by atoms with E-state index in [4.69, 9.17) is 0 Å². The molecule has 3 aromatic rings. The van der Waals surface area contributed by atoms with Gasteiger partial charge in [0.25, 0.3) is 0 Å². The van der Waals surface area contributed by atoms with Gasteiger partial charge >= 0.3 is 0 Å². The smallest absolute Gasteiger partial charge is 0.224 e. The SMILES string of the molecule is CN(C)c1ncc(CN(Cc2ccccc2)Cc2ccccn2)cn1. The van der Waals surface area contributed by atoms with Crippen molar-refractivity contribution in [3.05, 3.63) is 83.9 Å². The number of pyridine rings is 1. The van der Waals surface area contributed by atoms with Crippen molar-refractivity contribution in [3.63, 3.8) is 0 Å². The van der Waals surface area contributed by atoms with Crippen LogP contribution in [0.25, 0.3) is 0 Å². The van der Waals surface area contributed by atoms with Crippen LogP contribution >= 0.6 is 0 Å². The molecule has 0 unspecified atom stereocenters. The maximum absolute atomic E-state index is 4.46. The molecule has 0 saturated carbocycles. The maximum atomic E-state index is 4.46. The van der Waals surface area contributed by atoms with E-state index in [1.165, 1.54) is 5.56 Å². The molecule has 1 aromatic carbocycles. The molecule has 0 spiro atoms. The number of rotatable bonds is 7. The van der Waals surface area contributed by atoms with Gasteiger partial charge in [0, 0.05) is 57.9 Å². The zero-order chi connectivity index (χ0) is 17.5. The fraction of sp³-hybridized carbons (Fsp3) is 0.250. The summed E-state index contributed by atoms with van der Waals surface area (Å²) in [6, 6.07) is 16.5. The second-order valence-electron chi connectivity index (χ2n) is 6.24. The molecule has 2 aromatic heterocycles. The summed E-state index contributed by atoms with van der Waals surface area (Å²) in [5.74, 6) is 0.725. The molecule has 0 radical (unpaired) electrons. The molecule has 2 heterocycles. The normalized spacial score (nSPS) is 10.8. The number of aromatic nitrogens is 3. The van der Waals surface area contributed by atoms with E-state index in [0.29, 0.717) is 0 Å². The van der Waals surface area contributed by atoms with Gasteiger partial charge in [-0.25, -0.2) is 9.97 Å². The van der Waals surface area contributed by atoms with Gasteiger partial charge < -0.3 is 4.90 Å². The van der Waals surface area contributed by atoms with Gasteiger partial charge in [-0.3, -0.25) is 9.88 Å². The molecule has 0 fully saturated rings. The van der Waals surface area contributed by atoms with Crippen molar-refractivity contribution in [2.45, 2.75) is 19.6 Å². The molecule has 0 aliphatic rings. The Balaban J connectivity index is 1.75. The van der Waals surface area contributed by atoms with Crippen LogP contribution < -0.4 is 4.90 Å². The maximum Gasteiger partial charge on any atom is 0.224 e. The highest BCUT2D eigenvalue weighted by molar-refractivity contribution is 5.26. The molecule has 5 heteroatoms. The Kier molecular flexibility index (Phi) is 5.69. The molecule has 0 bridgehead atoms. The molecule has 0 saturated heterocycles. The molecule has 0 N–H and O–H groups in total. The fourth-order valence-electron chi connectivity index (χ4n) is 2.65. The average molecular weight is 333 g/mol. The zero-order valence-electron chi connectivity index (χ0n) is 14.7. The first kappa shape index (κ1) is 17.0. The van der Waals surface area contributed by atoms with Crippen LogP contribution in [0.5, 0.6) is 0 Å². The van der Waals surface area contributed by atoms with Gasteiger partial charge in [-0.15, -0.1) is 0 Å². The zero-order valence-corrected chi connectivity index (χ0v) is 14.7.